The topological polar surface area (TPSA) is 85.2 Å². The fraction of sp³-hybridized carbons (Fsp3) is 0.133. The molecule has 0 bridgehead atoms. The van der Waals surface area contributed by atoms with Crippen LogP contribution >= 0.6 is 0 Å². The molecule has 1 N–H and O–H groups in total. The number of carbonyl (C=O) groups is 1. The standard InChI is InChI=1S/C15H13NO5/c1-20-13-7-11(15(17)18)12(16-19)8-14(13)21-9-10-5-3-2-4-6-10/h2-8H,9H2,1H3,(H,17,18). The molecule has 0 spiro atoms. The first-order valence-corrected chi connectivity index (χ1v) is 6.11. The van der Waals surface area contributed by atoms with E-state index in [4.69, 9.17) is 14.6 Å². The van der Waals surface area contributed by atoms with Gasteiger partial charge in [-0.15, -0.1) is 4.91 Å². The minimum absolute atomic E-state index is 0.202. The number of hydrogen-bond donors (Lipinski definition) is 1. The van der Waals surface area contributed by atoms with Gasteiger partial charge in [-0.3, -0.25) is 0 Å². The van der Waals surface area contributed by atoms with Crippen molar-refractivity contribution >= 4 is 11.7 Å². The average Bonchev–Trinajstić information content (AvgIpc) is 2.52. The van der Waals surface area contributed by atoms with Crippen molar-refractivity contribution in [3.63, 3.8) is 0 Å². The van der Waals surface area contributed by atoms with Crippen LogP contribution in [0.15, 0.2) is 47.6 Å². The molecule has 0 fully saturated rings. The van der Waals surface area contributed by atoms with E-state index in [1.165, 1.54) is 19.2 Å². The van der Waals surface area contributed by atoms with E-state index in [-0.39, 0.29) is 29.4 Å². The van der Waals surface area contributed by atoms with Gasteiger partial charge in [0.2, 0.25) is 0 Å². The monoisotopic (exact) mass is 287 g/mol. The van der Waals surface area contributed by atoms with E-state index in [1.807, 2.05) is 30.3 Å². The van der Waals surface area contributed by atoms with Crippen LogP contribution in [0.5, 0.6) is 11.5 Å². The molecular formula is C15H13NO5. The summed E-state index contributed by atoms with van der Waals surface area (Å²) in [4.78, 5) is 21.8. The van der Waals surface area contributed by atoms with E-state index in [0.717, 1.165) is 5.56 Å². The second-order valence-electron chi connectivity index (χ2n) is 4.19. The Labute approximate surface area is 120 Å². The highest BCUT2D eigenvalue weighted by atomic mass is 16.5. The lowest BCUT2D eigenvalue weighted by atomic mass is 10.1. The zero-order chi connectivity index (χ0) is 15.2. The van der Waals surface area contributed by atoms with Gasteiger partial charge in [0.25, 0.3) is 0 Å². The average molecular weight is 287 g/mol. The van der Waals surface area contributed by atoms with Crippen molar-refractivity contribution in [3.05, 3.63) is 58.5 Å². The Bertz CT molecular complexity index is 655. The van der Waals surface area contributed by atoms with E-state index in [0.29, 0.717) is 0 Å². The van der Waals surface area contributed by atoms with Crippen LogP contribution in [0.25, 0.3) is 0 Å². The van der Waals surface area contributed by atoms with Gasteiger partial charge >= 0.3 is 5.97 Å². The Kier molecular flexibility index (Phi) is 4.50. The SMILES string of the molecule is COc1cc(C(=O)O)c(N=O)cc1OCc1ccccc1. The Morgan fingerprint density at radius 1 is 1.19 bits per heavy atom. The summed E-state index contributed by atoms with van der Waals surface area (Å²) in [6.07, 6.45) is 0. The Hall–Kier alpha value is -2.89. The van der Waals surface area contributed by atoms with Crippen LogP contribution in [0.4, 0.5) is 5.69 Å². The quantitative estimate of drug-likeness (QED) is 0.823. The van der Waals surface area contributed by atoms with Crippen molar-refractivity contribution < 1.29 is 19.4 Å². The molecule has 6 nitrogen and oxygen atoms in total. The molecule has 2 aromatic rings. The van der Waals surface area contributed by atoms with Gasteiger partial charge < -0.3 is 14.6 Å². The molecule has 0 saturated carbocycles. The van der Waals surface area contributed by atoms with E-state index in [9.17, 15) is 9.70 Å². The zero-order valence-corrected chi connectivity index (χ0v) is 11.3. The summed E-state index contributed by atoms with van der Waals surface area (Å²) in [6.45, 7) is 0.266. The maximum Gasteiger partial charge on any atom is 0.338 e. The van der Waals surface area contributed by atoms with Crippen LogP contribution in [0.1, 0.15) is 15.9 Å². The lowest BCUT2D eigenvalue weighted by molar-refractivity contribution is 0.0697. The third-order valence-corrected chi connectivity index (χ3v) is 2.85. The molecule has 0 saturated heterocycles. The summed E-state index contributed by atoms with van der Waals surface area (Å²) in [5.74, 6) is -0.755. The highest BCUT2D eigenvalue weighted by molar-refractivity contribution is 5.94. The van der Waals surface area contributed by atoms with Gasteiger partial charge in [-0.2, -0.15) is 0 Å². The molecule has 2 aromatic carbocycles. The molecule has 0 aliphatic rings. The third kappa shape index (κ3) is 3.36. The number of ether oxygens (including phenoxy) is 2. The molecule has 21 heavy (non-hydrogen) atoms. The van der Waals surface area contributed by atoms with E-state index < -0.39 is 5.97 Å². The molecule has 0 radical (unpaired) electrons. The third-order valence-electron chi connectivity index (χ3n) is 2.85. The Morgan fingerprint density at radius 3 is 2.48 bits per heavy atom. The number of benzene rings is 2. The Balaban J connectivity index is 2.30. The molecule has 0 heterocycles. The molecule has 108 valence electrons. The normalized spacial score (nSPS) is 9.95. The van der Waals surface area contributed by atoms with E-state index >= 15 is 0 Å². The van der Waals surface area contributed by atoms with Crippen molar-refractivity contribution in [2.24, 2.45) is 5.18 Å². The predicted molar refractivity (Wildman–Crippen MR) is 76.2 cm³/mol. The highest BCUT2D eigenvalue weighted by Gasteiger charge is 2.17. The maximum atomic E-state index is 11.0. The second-order valence-corrected chi connectivity index (χ2v) is 4.19. The van der Waals surface area contributed by atoms with Gasteiger partial charge in [-0.25, -0.2) is 4.79 Å². The number of hydrogen-bond acceptors (Lipinski definition) is 5. The molecule has 0 unspecified atom stereocenters. The number of rotatable bonds is 6. The smallest absolute Gasteiger partial charge is 0.338 e. The van der Waals surface area contributed by atoms with Crippen LogP contribution in [0, 0.1) is 4.91 Å². The summed E-state index contributed by atoms with van der Waals surface area (Å²) in [7, 11) is 1.39. The summed E-state index contributed by atoms with van der Waals surface area (Å²) in [5, 5.41) is 11.7. The largest absolute Gasteiger partial charge is 0.493 e. The van der Waals surface area contributed by atoms with Crippen molar-refractivity contribution in [1.82, 2.24) is 0 Å². The first kappa shape index (κ1) is 14.5. The summed E-state index contributed by atoms with van der Waals surface area (Å²) >= 11 is 0. The molecule has 0 amide bonds. The van der Waals surface area contributed by atoms with Crippen molar-refractivity contribution in [2.45, 2.75) is 6.61 Å². The molecular weight excluding hydrogens is 274 g/mol. The minimum atomic E-state index is -1.25. The molecule has 0 aliphatic heterocycles. The van der Waals surface area contributed by atoms with Crippen LogP contribution in [-0.2, 0) is 6.61 Å². The van der Waals surface area contributed by atoms with Crippen LogP contribution in [-0.4, -0.2) is 18.2 Å². The van der Waals surface area contributed by atoms with Crippen molar-refractivity contribution in [2.75, 3.05) is 7.11 Å². The van der Waals surface area contributed by atoms with Crippen LogP contribution in [0.3, 0.4) is 0 Å². The predicted octanol–water partition coefficient (Wildman–Crippen LogP) is 3.37. The lowest BCUT2D eigenvalue weighted by Gasteiger charge is -2.12. The van der Waals surface area contributed by atoms with Gasteiger partial charge in [0.1, 0.15) is 12.3 Å². The fourth-order valence-corrected chi connectivity index (χ4v) is 1.80. The first-order chi connectivity index (χ1) is 10.2. The van der Waals surface area contributed by atoms with Gasteiger partial charge in [0, 0.05) is 12.1 Å². The molecule has 0 aliphatic carbocycles. The number of aromatic carboxylic acids is 1. The van der Waals surface area contributed by atoms with Crippen LogP contribution in [0.2, 0.25) is 0 Å². The van der Waals surface area contributed by atoms with E-state index in [1.54, 1.807) is 0 Å². The van der Waals surface area contributed by atoms with Gasteiger partial charge in [0.05, 0.1) is 12.7 Å². The highest BCUT2D eigenvalue weighted by Crippen LogP contribution is 2.35. The summed E-state index contributed by atoms with van der Waals surface area (Å²) in [5.41, 5.74) is 0.503. The van der Waals surface area contributed by atoms with Crippen molar-refractivity contribution in [3.8, 4) is 11.5 Å². The van der Waals surface area contributed by atoms with Crippen molar-refractivity contribution in [1.29, 1.82) is 0 Å². The van der Waals surface area contributed by atoms with Crippen LogP contribution < -0.4 is 9.47 Å². The molecule has 2 rings (SSSR count). The zero-order valence-electron chi connectivity index (χ0n) is 11.3. The van der Waals surface area contributed by atoms with Gasteiger partial charge in [-0.1, -0.05) is 30.3 Å². The number of nitrogens with zero attached hydrogens (tertiary/aromatic N) is 1. The first-order valence-electron chi connectivity index (χ1n) is 6.11. The van der Waals surface area contributed by atoms with Gasteiger partial charge in [-0.05, 0) is 10.7 Å². The van der Waals surface area contributed by atoms with Gasteiger partial charge in [0.15, 0.2) is 11.5 Å². The minimum Gasteiger partial charge on any atom is -0.493 e. The summed E-state index contributed by atoms with van der Waals surface area (Å²) in [6, 6.07) is 11.9. The van der Waals surface area contributed by atoms with E-state index in [2.05, 4.69) is 5.18 Å². The number of nitroso groups, excluding NO2 is 1. The lowest BCUT2D eigenvalue weighted by Crippen LogP contribution is -2.01. The second kappa shape index (κ2) is 6.51. The number of carboxylic acids is 1. The maximum absolute atomic E-state index is 11.0. The number of methoxy groups -OCH3 is 1. The number of carboxylic acid groups (broad SMARTS) is 1. The molecule has 0 atom stereocenters. The molecule has 6 heteroatoms. The Morgan fingerprint density at radius 2 is 1.90 bits per heavy atom. The molecule has 0 aromatic heterocycles. The fourth-order valence-electron chi connectivity index (χ4n) is 1.80. The summed E-state index contributed by atoms with van der Waals surface area (Å²) < 4.78 is 10.7.